The second-order valence-corrected chi connectivity index (χ2v) is 8.26. The van der Waals surface area contributed by atoms with E-state index in [2.05, 4.69) is 16.0 Å². The molecule has 4 rings (SSSR count). The normalized spacial score (nSPS) is 10.5. The zero-order valence-electron chi connectivity index (χ0n) is 18.6. The Morgan fingerprint density at radius 3 is 2.32 bits per heavy atom. The van der Waals surface area contributed by atoms with Gasteiger partial charge in [-0.25, -0.2) is 0 Å². The van der Waals surface area contributed by atoms with E-state index < -0.39 is 0 Å². The largest absolute Gasteiger partial charge is 0.352 e. The highest BCUT2D eigenvalue weighted by Crippen LogP contribution is 2.19. The van der Waals surface area contributed by atoms with Crippen LogP contribution in [-0.4, -0.2) is 23.5 Å². The van der Waals surface area contributed by atoms with Crippen LogP contribution in [0.3, 0.4) is 0 Å². The van der Waals surface area contributed by atoms with E-state index >= 15 is 0 Å². The van der Waals surface area contributed by atoms with E-state index in [1.807, 2.05) is 78.9 Å². The smallest absolute Gasteiger partial charge is 0.253 e. The molecule has 0 aromatic heterocycles. The van der Waals surface area contributed by atoms with Crippen molar-refractivity contribution in [1.29, 1.82) is 0 Å². The third-order valence-corrected chi connectivity index (χ3v) is 5.65. The quantitative estimate of drug-likeness (QED) is 0.339. The molecular weight excluding hydrogens is 442 g/mol. The molecule has 5 nitrogen and oxygen atoms in total. The summed E-state index contributed by atoms with van der Waals surface area (Å²) < 4.78 is 0. The first-order valence-electron chi connectivity index (χ1n) is 11.1. The summed E-state index contributed by atoms with van der Waals surface area (Å²) >= 11 is 5.35. The van der Waals surface area contributed by atoms with E-state index in [1.165, 1.54) is 0 Å². The van der Waals surface area contributed by atoms with Gasteiger partial charge < -0.3 is 16.0 Å². The van der Waals surface area contributed by atoms with Crippen molar-refractivity contribution in [3.8, 4) is 0 Å². The number of anilines is 1. The SMILES string of the molecule is O=C(Cc1cccc2ccccc12)NC(=S)Nc1ccccc1C(=O)NCCc1ccccc1. The lowest BCUT2D eigenvalue weighted by Gasteiger charge is -2.14. The zero-order valence-corrected chi connectivity index (χ0v) is 19.4. The minimum absolute atomic E-state index is 0.148. The van der Waals surface area contributed by atoms with Crippen LogP contribution in [0.4, 0.5) is 5.69 Å². The monoisotopic (exact) mass is 467 g/mol. The fraction of sp³-hybridized carbons (Fsp3) is 0.107. The van der Waals surface area contributed by atoms with Gasteiger partial charge in [0.1, 0.15) is 0 Å². The number of thiocarbonyl (C=S) groups is 1. The van der Waals surface area contributed by atoms with E-state index in [0.717, 1.165) is 28.3 Å². The van der Waals surface area contributed by atoms with Crippen molar-refractivity contribution in [2.75, 3.05) is 11.9 Å². The van der Waals surface area contributed by atoms with E-state index in [0.29, 0.717) is 17.8 Å². The molecule has 0 aliphatic rings. The summed E-state index contributed by atoms with van der Waals surface area (Å²) in [5.74, 6) is -0.428. The number of rotatable bonds is 7. The molecule has 0 fully saturated rings. The molecule has 0 spiro atoms. The molecule has 0 aliphatic heterocycles. The Balaban J connectivity index is 1.34. The van der Waals surface area contributed by atoms with Gasteiger partial charge in [0.05, 0.1) is 17.7 Å². The van der Waals surface area contributed by atoms with Crippen LogP contribution in [0.1, 0.15) is 21.5 Å². The summed E-state index contributed by atoms with van der Waals surface area (Å²) in [6.07, 6.45) is 0.940. The summed E-state index contributed by atoms with van der Waals surface area (Å²) in [5.41, 5.74) is 3.08. The van der Waals surface area contributed by atoms with Crippen LogP contribution >= 0.6 is 12.2 Å². The Hall–Kier alpha value is -4.03. The average Bonchev–Trinajstić information content (AvgIpc) is 2.85. The number of para-hydroxylation sites is 1. The van der Waals surface area contributed by atoms with Gasteiger partial charge in [-0.3, -0.25) is 9.59 Å². The van der Waals surface area contributed by atoms with Gasteiger partial charge in [-0.2, -0.15) is 0 Å². The highest BCUT2D eigenvalue weighted by Gasteiger charge is 2.13. The molecular formula is C28H25N3O2S. The Morgan fingerprint density at radius 1 is 0.765 bits per heavy atom. The topological polar surface area (TPSA) is 70.2 Å². The number of carbonyl (C=O) groups excluding carboxylic acids is 2. The molecule has 4 aromatic carbocycles. The summed E-state index contributed by atoms with van der Waals surface area (Å²) in [5, 5.41) is 10.9. The van der Waals surface area contributed by atoms with Crippen molar-refractivity contribution < 1.29 is 9.59 Å². The van der Waals surface area contributed by atoms with Crippen LogP contribution in [0.5, 0.6) is 0 Å². The third kappa shape index (κ3) is 6.05. The maximum atomic E-state index is 12.7. The molecule has 6 heteroatoms. The molecule has 0 unspecified atom stereocenters. The van der Waals surface area contributed by atoms with Crippen LogP contribution in [0, 0.1) is 0 Å². The second-order valence-electron chi connectivity index (χ2n) is 7.85. The first kappa shape index (κ1) is 23.1. The molecule has 2 amide bonds. The molecule has 0 saturated heterocycles. The Bertz CT molecular complexity index is 1320. The van der Waals surface area contributed by atoms with Crippen molar-refractivity contribution in [3.05, 3.63) is 114 Å². The molecule has 34 heavy (non-hydrogen) atoms. The van der Waals surface area contributed by atoms with Crippen molar-refractivity contribution in [2.45, 2.75) is 12.8 Å². The predicted molar refractivity (Wildman–Crippen MR) is 141 cm³/mol. The van der Waals surface area contributed by atoms with Crippen LogP contribution < -0.4 is 16.0 Å². The summed E-state index contributed by atoms with van der Waals surface area (Å²) in [7, 11) is 0. The standard InChI is InChI=1S/C28H25N3O2S/c32-26(19-22-13-8-12-21-11-4-5-14-23(21)22)31-28(34)30-25-16-7-6-15-24(25)27(33)29-18-17-20-9-2-1-3-10-20/h1-16H,17-19H2,(H,29,33)(H2,30,31,32,34). The van der Waals surface area contributed by atoms with Gasteiger partial charge in [-0.15, -0.1) is 0 Å². The van der Waals surface area contributed by atoms with E-state index in [9.17, 15) is 9.59 Å². The number of fused-ring (bicyclic) bond motifs is 1. The van der Waals surface area contributed by atoms with Crippen molar-refractivity contribution in [1.82, 2.24) is 10.6 Å². The number of carbonyl (C=O) groups is 2. The van der Waals surface area contributed by atoms with Gasteiger partial charge in [0.2, 0.25) is 5.91 Å². The van der Waals surface area contributed by atoms with Gasteiger partial charge >= 0.3 is 0 Å². The lowest BCUT2D eigenvalue weighted by atomic mass is 10.0. The van der Waals surface area contributed by atoms with Crippen LogP contribution in [0.25, 0.3) is 10.8 Å². The molecule has 0 aliphatic carbocycles. The summed E-state index contributed by atoms with van der Waals surface area (Å²) in [6.45, 7) is 0.517. The molecule has 0 atom stereocenters. The average molecular weight is 468 g/mol. The second kappa shape index (κ2) is 11.2. The fourth-order valence-corrected chi connectivity index (χ4v) is 4.02. The molecule has 0 radical (unpaired) electrons. The zero-order chi connectivity index (χ0) is 23.8. The molecule has 0 bridgehead atoms. The minimum Gasteiger partial charge on any atom is -0.352 e. The van der Waals surface area contributed by atoms with Gasteiger partial charge in [-0.1, -0.05) is 84.9 Å². The van der Waals surface area contributed by atoms with Gasteiger partial charge in [0.25, 0.3) is 5.91 Å². The highest BCUT2D eigenvalue weighted by atomic mass is 32.1. The van der Waals surface area contributed by atoms with Crippen molar-refractivity contribution >= 4 is 45.6 Å². The van der Waals surface area contributed by atoms with Gasteiger partial charge in [-0.05, 0) is 52.7 Å². The number of hydrogen-bond donors (Lipinski definition) is 3. The first-order valence-corrected chi connectivity index (χ1v) is 11.5. The van der Waals surface area contributed by atoms with Crippen molar-refractivity contribution in [2.24, 2.45) is 0 Å². The lowest BCUT2D eigenvalue weighted by molar-refractivity contribution is -0.119. The summed E-state index contributed by atoms with van der Waals surface area (Å²) in [4.78, 5) is 25.4. The maximum absolute atomic E-state index is 12.7. The highest BCUT2D eigenvalue weighted by molar-refractivity contribution is 7.80. The molecule has 170 valence electrons. The van der Waals surface area contributed by atoms with E-state index in [-0.39, 0.29) is 23.3 Å². The molecule has 0 heterocycles. The molecule has 0 saturated carbocycles. The number of amides is 2. The van der Waals surface area contributed by atoms with Crippen LogP contribution in [0.15, 0.2) is 97.1 Å². The molecule has 4 aromatic rings. The van der Waals surface area contributed by atoms with Crippen LogP contribution in [0.2, 0.25) is 0 Å². The molecule has 3 N–H and O–H groups in total. The van der Waals surface area contributed by atoms with Crippen LogP contribution in [-0.2, 0) is 17.6 Å². The van der Waals surface area contributed by atoms with Gasteiger partial charge in [0.15, 0.2) is 5.11 Å². The Morgan fingerprint density at radius 2 is 1.47 bits per heavy atom. The predicted octanol–water partition coefficient (Wildman–Crippen LogP) is 4.87. The third-order valence-electron chi connectivity index (χ3n) is 5.45. The Kier molecular flexibility index (Phi) is 7.63. The van der Waals surface area contributed by atoms with E-state index in [4.69, 9.17) is 12.2 Å². The minimum atomic E-state index is -0.223. The number of nitrogens with one attached hydrogen (secondary N) is 3. The van der Waals surface area contributed by atoms with Crippen molar-refractivity contribution in [3.63, 3.8) is 0 Å². The fourth-order valence-electron chi connectivity index (χ4n) is 3.79. The number of benzene rings is 4. The lowest BCUT2D eigenvalue weighted by Crippen LogP contribution is -2.36. The number of hydrogen-bond acceptors (Lipinski definition) is 3. The van der Waals surface area contributed by atoms with Gasteiger partial charge in [0, 0.05) is 6.54 Å². The van der Waals surface area contributed by atoms with E-state index in [1.54, 1.807) is 18.2 Å². The Labute approximate surface area is 204 Å². The summed E-state index contributed by atoms with van der Waals surface area (Å²) in [6, 6.07) is 30.9. The maximum Gasteiger partial charge on any atom is 0.253 e. The first-order chi connectivity index (χ1) is 16.6.